The van der Waals surface area contributed by atoms with Crippen molar-refractivity contribution in [1.82, 2.24) is 0 Å². The van der Waals surface area contributed by atoms with Gasteiger partial charge in [-0.2, -0.15) is 0 Å². The van der Waals surface area contributed by atoms with Gasteiger partial charge in [0.2, 0.25) is 0 Å². The summed E-state index contributed by atoms with van der Waals surface area (Å²) in [6, 6.07) is 69.9. The van der Waals surface area contributed by atoms with Crippen LogP contribution in [0.3, 0.4) is 0 Å². The highest BCUT2D eigenvalue weighted by Crippen LogP contribution is 2.41. The number of hydrogen-bond donors (Lipinski definition) is 0. The molecule has 5 unspecified atom stereocenters. The SMILES string of the molecule is CCC(CCCCCC(CC(CC)c1ccccc1)c1ccc(CCCCCC[N+]2(C)CCC(C)(c3ccc(-c4cccc(-c5ccc(C)cc5)c4)cc3)CC2)cc1)CC(CC(C)c1ccccc1)c1ccc(CC[N+](C)(C)C)cc1. The Balaban J connectivity index is 0.787. The summed E-state index contributed by atoms with van der Waals surface area (Å²) in [6.45, 7) is 17.0. The van der Waals surface area contributed by atoms with Crippen LogP contribution >= 0.6 is 0 Å². The van der Waals surface area contributed by atoms with Gasteiger partial charge in [0.1, 0.15) is 0 Å². The fraction of sp³-hybridized carbons (Fsp3) is 0.468. The third kappa shape index (κ3) is 18.7. The van der Waals surface area contributed by atoms with Crippen LogP contribution in [-0.4, -0.2) is 63.3 Å². The molecule has 0 amide bonds. The Hall–Kier alpha value is -5.54. The van der Waals surface area contributed by atoms with Crippen molar-refractivity contribution in [2.24, 2.45) is 5.92 Å². The largest absolute Gasteiger partial charge is 0.331 e. The first-order valence-electron chi connectivity index (χ1n) is 32.4. The van der Waals surface area contributed by atoms with E-state index in [-0.39, 0.29) is 5.41 Å². The maximum absolute atomic E-state index is 2.53. The first-order chi connectivity index (χ1) is 39.2. The lowest BCUT2D eigenvalue weighted by Crippen LogP contribution is -2.53. The molecule has 0 aliphatic carbocycles. The van der Waals surface area contributed by atoms with Gasteiger partial charge < -0.3 is 8.97 Å². The Bertz CT molecular complexity index is 2870. The molecule has 0 spiro atoms. The highest BCUT2D eigenvalue weighted by Gasteiger charge is 2.38. The molecule has 81 heavy (non-hydrogen) atoms. The van der Waals surface area contributed by atoms with E-state index >= 15 is 0 Å². The average Bonchev–Trinajstić information content (AvgIpc) is 3.52. The van der Waals surface area contributed by atoms with Crippen molar-refractivity contribution in [2.75, 3.05) is 54.4 Å². The van der Waals surface area contributed by atoms with Gasteiger partial charge in [-0.1, -0.05) is 248 Å². The molecular formula is C79H106N2+2. The summed E-state index contributed by atoms with van der Waals surface area (Å²) in [5.74, 6) is 3.07. The van der Waals surface area contributed by atoms with Gasteiger partial charge in [0.25, 0.3) is 0 Å². The number of aryl methyl sites for hydroxylation is 2. The number of quaternary nitrogens is 2. The number of likely N-dealkylation sites (N-methyl/N-ethyl adjacent to an activating group) is 1. The van der Waals surface area contributed by atoms with E-state index in [1.807, 2.05) is 0 Å². The Morgan fingerprint density at radius 2 is 1.00 bits per heavy atom. The van der Waals surface area contributed by atoms with Gasteiger partial charge in [0.05, 0.1) is 54.4 Å². The number of hydrogen-bond acceptors (Lipinski definition) is 0. The van der Waals surface area contributed by atoms with Crippen LogP contribution in [0.1, 0.15) is 199 Å². The monoisotopic (exact) mass is 1080 g/mol. The molecule has 0 radical (unpaired) electrons. The molecule has 7 aromatic rings. The average molecular weight is 1080 g/mol. The van der Waals surface area contributed by atoms with Gasteiger partial charge in [-0.25, -0.2) is 0 Å². The van der Waals surface area contributed by atoms with E-state index in [4.69, 9.17) is 0 Å². The lowest BCUT2D eigenvalue weighted by atomic mass is 9.73. The first-order valence-corrected chi connectivity index (χ1v) is 32.4. The highest BCUT2D eigenvalue weighted by atomic mass is 15.3. The van der Waals surface area contributed by atoms with Crippen molar-refractivity contribution in [3.05, 3.63) is 226 Å². The predicted octanol–water partition coefficient (Wildman–Crippen LogP) is 20.9. The molecule has 1 saturated heterocycles. The van der Waals surface area contributed by atoms with Crippen LogP contribution in [0.15, 0.2) is 182 Å². The molecule has 5 atom stereocenters. The normalized spacial score (nSPS) is 18.5. The molecule has 0 aromatic heterocycles. The maximum Gasteiger partial charge on any atom is 0.0821 e. The van der Waals surface area contributed by atoms with Crippen molar-refractivity contribution in [3.63, 3.8) is 0 Å². The van der Waals surface area contributed by atoms with Gasteiger partial charge >= 0.3 is 0 Å². The number of unbranched alkanes of at least 4 members (excludes halogenated alkanes) is 5. The third-order valence-electron chi connectivity index (χ3n) is 19.7. The fourth-order valence-electron chi connectivity index (χ4n) is 13.7. The quantitative estimate of drug-likeness (QED) is 0.0300. The van der Waals surface area contributed by atoms with Crippen LogP contribution in [0, 0.1) is 12.8 Å². The Labute approximate surface area is 494 Å². The topological polar surface area (TPSA) is 0 Å². The summed E-state index contributed by atoms with van der Waals surface area (Å²) in [6.07, 6.45) is 23.0. The molecule has 1 aliphatic heterocycles. The fourth-order valence-corrected chi connectivity index (χ4v) is 13.7. The van der Waals surface area contributed by atoms with E-state index in [0.29, 0.717) is 23.7 Å². The van der Waals surface area contributed by atoms with Gasteiger partial charge in [-0.3, -0.25) is 0 Å². The molecule has 430 valence electrons. The highest BCUT2D eigenvalue weighted by molar-refractivity contribution is 5.73. The zero-order valence-electron chi connectivity index (χ0n) is 52.2. The molecule has 0 saturated carbocycles. The van der Waals surface area contributed by atoms with Crippen LogP contribution in [-0.2, 0) is 18.3 Å². The van der Waals surface area contributed by atoms with E-state index in [9.17, 15) is 0 Å². The van der Waals surface area contributed by atoms with Crippen LogP contribution in [0.25, 0.3) is 22.3 Å². The second-order valence-electron chi connectivity index (χ2n) is 27.1. The van der Waals surface area contributed by atoms with E-state index in [1.54, 1.807) is 11.1 Å². The lowest BCUT2D eigenvalue weighted by molar-refractivity contribution is -0.915. The smallest absolute Gasteiger partial charge is 0.0821 e. The molecule has 0 N–H and O–H groups in total. The van der Waals surface area contributed by atoms with Crippen molar-refractivity contribution >= 4 is 0 Å². The molecular weight excluding hydrogens is 977 g/mol. The number of nitrogens with zero attached hydrogens (tertiary/aromatic N) is 2. The van der Waals surface area contributed by atoms with Crippen molar-refractivity contribution < 1.29 is 8.97 Å². The minimum absolute atomic E-state index is 0.251. The summed E-state index contributed by atoms with van der Waals surface area (Å²) in [4.78, 5) is 0. The Morgan fingerprint density at radius 1 is 0.469 bits per heavy atom. The third-order valence-corrected chi connectivity index (χ3v) is 19.7. The van der Waals surface area contributed by atoms with Crippen LogP contribution in [0.4, 0.5) is 0 Å². The molecule has 0 bridgehead atoms. The van der Waals surface area contributed by atoms with Crippen LogP contribution < -0.4 is 0 Å². The van der Waals surface area contributed by atoms with Crippen molar-refractivity contribution in [1.29, 1.82) is 0 Å². The number of piperidine rings is 1. The molecule has 7 aromatic carbocycles. The van der Waals surface area contributed by atoms with Gasteiger partial charge in [-0.05, 0) is 162 Å². The summed E-state index contributed by atoms with van der Waals surface area (Å²) >= 11 is 0. The Kier molecular flexibility index (Phi) is 22.9. The molecule has 1 aliphatic rings. The summed E-state index contributed by atoms with van der Waals surface area (Å²) < 4.78 is 2.23. The van der Waals surface area contributed by atoms with E-state index in [2.05, 4.69) is 245 Å². The molecule has 2 nitrogen and oxygen atoms in total. The first kappa shape index (κ1) is 61.5. The molecule has 8 rings (SSSR count). The van der Waals surface area contributed by atoms with Gasteiger partial charge in [-0.15, -0.1) is 0 Å². The predicted molar refractivity (Wildman–Crippen MR) is 352 cm³/mol. The van der Waals surface area contributed by atoms with Gasteiger partial charge in [0.15, 0.2) is 0 Å². The minimum atomic E-state index is 0.251. The van der Waals surface area contributed by atoms with Crippen LogP contribution in [0.5, 0.6) is 0 Å². The van der Waals surface area contributed by atoms with Crippen molar-refractivity contribution in [3.8, 4) is 22.3 Å². The second-order valence-corrected chi connectivity index (χ2v) is 27.1. The Morgan fingerprint density at radius 3 is 1.59 bits per heavy atom. The zero-order chi connectivity index (χ0) is 57.1. The molecule has 1 heterocycles. The standard InChI is InChI=1S/C79H106N2/c1-10-64(59-77(58-63(4)68-28-19-15-20-29-68)73-45-39-66(40-46-73)51-55-80(6,7)8)26-18-14-23-32-74(60-67(11-2)69-30-21-16-22-31-69)71-43-37-65(38-44-71)27-17-12-13-24-54-81(9)56-52-79(5,53-57-81)78-49-47-72(48-50-78)76-34-25-33-75(61-76)70-41-35-62(3)36-42-70/h15-16,19-22,25,28-31,33-50,61,63-64,67,74,77H,10-14,17-18,23-24,26-27,32,51-60H2,1-9H3/q+2. The second kappa shape index (κ2) is 30.1. The van der Waals surface area contributed by atoms with E-state index in [0.717, 1.165) is 23.4 Å². The van der Waals surface area contributed by atoms with Crippen LogP contribution in [0.2, 0.25) is 0 Å². The summed E-state index contributed by atoms with van der Waals surface area (Å²) in [5, 5.41) is 0. The minimum Gasteiger partial charge on any atom is -0.331 e. The van der Waals surface area contributed by atoms with E-state index in [1.165, 1.54) is 189 Å². The molecule has 2 heteroatoms. The number of rotatable bonds is 31. The maximum atomic E-state index is 2.53. The summed E-state index contributed by atoms with van der Waals surface area (Å²) in [5.41, 5.74) is 17.3. The number of likely N-dealkylation sites (tertiary alicyclic amines) is 1. The van der Waals surface area contributed by atoms with Crippen molar-refractivity contribution in [2.45, 2.75) is 179 Å². The molecule has 1 fully saturated rings. The van der Waals surface area contributed by atoms with Gasteiger partial charge in [0, 0.05) is 24.7 Å². The van der Waals surface area contributed by atoms with E-state index < -0.39 is 0 Å². The number of benzene rings is 7. The summed E-state index contributed by atoms with van der Waals surface area (Å²) in [7, 11) is 9.43. The lowest BCUT2D eigenvalue weighted by Gasteiger charge is -2.45. The zero-order valence-corrected chi connectivity index (χ0v) is 52.2.